The molecule has 0 radical (unpaired) electrons. The van der Waals surface area contributed by atoms with Crippen LogP contribution < -0.4 is 4.74 Å². The monoisotopic (exact) mass is 250 g/mol. The van der Waals surface area contributed by atoms with Crippen LogP contribution in [-0.2, 0) is 9.53 Å². The lowest BCUT2D eigenvalue weighted by Gasteiger charge is -2.06. The van der Waals surface area contributed by atoms with E-state index in [0.717, 1.165) is 0 Å². The number of unbranched alkanes of at least 4 members (excludes halogenated alkanes) is 1. The lowest BCUT2D eigenvalue weighted by Crippen LogP contribution is -2.03. The second-order valence-electron chi connectivity index (χ2n) is 3.91. The molecule has 18 heavy (non-hydrogen) atoms. The quantitative estimate of drug-likeness (QED) is 0.424. The van der Waals surface area contributed by atoms with Gasteiger partial charge >= 0.3 is 5.97 Å². The summed E-state index contributed by atoms with van der Waals surface area (Å²) in [6, 6.07) is 7.15. The van der Waals surface area contributed by atoms with Crippen molar-refractivity contribution in [3.8, 4) is 5.75 Å². The molecule has 0 N–H and O–H groups in total. The van der Waals surface area contributed by atoms with Crippen molar-refractivity contribution >= 4 is 11.8 Å². The molecule has 0 aromatic heterocycles. The second-order valence-corrected chi connectivity index (χ2v) is 3.91. The first-order valence-corrected chi connectivity index (χ1v) is 5.92. The first-order valence-electron chi connectivity index (χ1n) is 5.92. The molecule has 0 aliphatic rings. The molecule has 0 amide bonds. The second kappa shape index (κ2) is 7.48. The first-order chi connectivity index (χ1) is 8.69. The van der Waals surface area contributed by atoms with E-state index in [2.05, 4.69) is 4.74 Å². The number of carbonyl (C=O) groups is 2. The molecule has 0 fully saturated rings. The molecular formula is C14H18O4. The normalized spacial score (nSPS) is 9.89. The van der Waals surface area contributed by atoms with Crippen LogP contribution >= 0.6 is 0 Å². The van der Waals surface area contributed by atoms with Crippen LogP contribution in [0.5, 0.6) is 5.75 Å². The number of ether oxygens (including phenoxy) is 2. The van der Waals surface area contributed by atoms with Gasteiger partial charge in [0.25, 0.3) is 0 Å². The topological polar surface area (TPSA) is 52.6 Å². The Morgan fingerprint density at radius 2 is 1.72 bits per heavy atom. The van der Waals surface area contributed by atoms with Gasteiger partial charge in [0.2, 0.25) is 0 Å². The molecule has 4 nitrogen and oxygen atoms in total. The number of hydrogen-bond acceptors (Lipinski definition) is 4. The summed E-state index contributed by atoms with van der Waals surface area (Å²) in [4.78, 5) is 22.8. The fourth-order valence-corrected chi connectivity index (χ4v) is 1.67. The zero-order chi connectivity index (χ0) is 13.4. The molecule has 1 aromatic carbocycles. The highest BCUT2D eigenvalue weighted by molar-refractivity contribution is 5.98. The van der Waals surface area contributed by atoms with E-state index in [9.17, 15) is 9.59 Å². The molecule has 1 rings (SSSR count). The zero-order valence-electron chi connectivity index (χ0n) is 10.8. The third-order valence-electron chi connectivity index (χ3n) is 2.67. The Labute approximate surface area is 107 Å². The van der Waals surface area contributed by atoms with E-state index in [1.165, 1.54) is 7.11 Å². The maximum Gasteiger partial charge on any atom is 0.305 e. The molecule has 0 atom stereocenters. The van der Waals surface area contributed by atoms with Crippen LogP contribution in [0.25, 0.3) is 0 Å². The van der Waals surface area contributed by atoms with Crippen molar-refractivity contribution < 1.29 is 19.1 Å². The number of para-hydroxylation sites is 1. The predicted molar refractivity (Wildman–Crippen MR) is 67.8 cm³/mol. The molecule has 0 unspecified atom stereocenters. The van der Waals surface area contributed by atoms with Crippen molar-refractivity contribution in [1.29, 1.82) is 0 Å². The van der Waals surface area contributed by atoms with Crippen molar-refractivity contribution in [2.24, 2.45) is 0 Å². The largest absolute Gasteiger partial charge is 0.496 e. The van der Waals surface area contributed by atoms with E-state index in [0.29, 0.717) is 37.0 Å². The van der Waals surface area contributed by atoms with Crippen LogP contribution in [0.3, 0.4) is 0 Å². The SMILES string of the molecule is COC(=O)CCCCC(=O)c1ccccc1OC. The molecule has 0 aliphatic heterocycles. The van der Waals surface area contributed by atoms with Gasteiger partial charge in [-0.25, -0.2) is 0 Å². The van der Waals surface area contributed by atoms with Crippen LogP contribution in [0.4, 0.5) is 0 Å². The minimum atomic E-state index is -0.236. The highest BCUT2D eigenvalue weighted by Gasteiger charge is 2.11. The van der Waals surface area contributed by atoms with Gasteiger partial charge in [0.1, 0.15) is 5.75 Å². The fraction of sp³-hybridized carbons (Fsp3) is 0.429. The number of ketones is 1. The van der Waals surface area contributed by atoms with E-state index in [1.807, 2.05) is 12.1 Å². The number of esters is 1. The van der Waals surface area contributed by atoms with Crippen LogP contribution in [-0.4, -0.2) is 26.0 Å². The Kier molecular flexibility index (Phi) is 5.91. The summed E-state index contributed by atoms with van der Waals surface area (Å²) < 4.78 is 9.67. The van der Waals surface area contributed by atoms with Crippen molar-refractivity contribution in [2.75, 3.05) is 14.2 Å². The predicted octanol–water partition coefficient (Wildman–Crippen LogP) is 2.61. The number of methoxy groups -OCH3 is 2. The summed E-state index contributed by atoms with van der Waals surface area (Å²) in [5, 5.41) is 0. The molecule has 0 bridgehead atoms. The van der Waals surface area contributed by atoms with E-state index in [4.69, 9.17) is 4.74 Å². The summed E-state index contributed by atoms with van der Waals surface area (Å²) in [5.41, 5.74) is 0.595. The van der Waals surface area contributed by atoms with Crippen LogP contribution in [0, 0.1) is 0 Å². The van der Waals surface area contributed by atoms with Gasteiger partial charge in [0.05, 0.1) is 19.8 Å². The fourth-order valence-electron chi connectivity index (χ4n) is 1.67. The third-order valence-corrected chi connectivity index (χ3v) is 2.67. The molecule has 0 heterocycles. The van der Waals surface area contributed by atoms with Gasteiger partial charge in [-0.2, -0.15) is 0 Å². The molecule has 0 saturated heterocycles. The maximum atomic E-state index is 11.9. The molecule has 98 valence electrons. The summed E-state index contributed by atoms with van der Waals surface area (Å²) in [6.07, 6.45) is 2.10. The van der Waals surface area contributed by atoms with Gasteiger partial charge in [0, 0.05) is 12.8 Å². The van der Waals surface area contributed by atoms with E-state index in [-0.39, 0.29) is 11.8 Å². The molecule has 0 spiro atoms. The summed E-state index contributed by atoms with van der Waals surface area (Å²) in [7, 11) is 2.91. The minimum absolute atomic E-state index is 0.0392. The molecular weight excluding hydrogens is 232 g/mol. The lowest BCUT2D eigenvalue weighted by molar-refractivity contribution is -0.140. The van der Waals surface area contributed by atoms with Crippen LogP contribution in [0.1, 0.15) is 36.0 Å². The molecule has 0 aliphatic carbocycles. The van der Waals surface area contributed by atoms with E-state index in [1.54, 1.807) is 19.2 Å². The number of benzene rings is 1. The average molecular weight is 250 g/mol. The van der Waals surface area contributed by atoms with Gasteiger partial charge in [0.15, 0.2) is 5.78 Å². The van der Waals surface area contributed by atoms with Crippen molar-refractivity contribution in [3.05, 3.63) is 29.8 Å². The van der Waals surface area contributed by atoms with Crippen LogP contribution in [0.15, 0.2) is 24.3 Å². The van der Waals surface area contributed by atoms with Gasteiger partial charge in [-0.15, -0.1) is 0 Å². The number of carbonyl (C=O) groups excluding carboxylic acids is 2. The Bertz CT molecular complexity index is 412. The van der Waals surface area contributed by atoms with Gasteiger partial charge in [-0.3, -0.25) is 9.59 Å². The van der Waals surface area contributed by atoms with Crippen LogP contribution in [0.2, 0.25) is 0 Å². The van der Waals surface area contributed by atoms with Crippen molar-refractivity contribution in [1.82, 2.24) is 0 Å². The summed E-state index contributed by atoms with van der Waals surface area (Å²) >= 11 is 0. The first kappa shape index (κ1) is 14.2. The van der Waals surface area contributed by atoms with Gasteiger partial charge < -0.3 is 9.47 Å². The van der Waals surface area contributed by atoms with Gasteiger partial charge in [-0.1, -0.05) is 12.1 Å². The van der Waals surface area contributed by atoms with Gasteiger partial charge in [-0.05, 0) is 25.0 Å². The number of Topliss-reactive ketones (excluding diaryl/α,β-unsaturated/α-hetero) is 1. The standard InChI is InChI=1S/C14H18O4/c1-17-13-9-5-3-7-11(13)12(15)8-4-6-10-14(16)18-2/h3,5,7,9H,4,6,8,10H2,1-2H3. The Morgan fingerprint density at radius 1 is 1.06 bits per heavy atom. The molecule has 0 saturated carbocycles. The average Bonchev–Trinajstić information content (AvgIpc) is 2.42. The number of rotatable bonds is 7. The highest BCUT2D eigenvalue weighted by atomic mass is 16.5. The molecule has 1 aromatic rings. The zero-order valence-corrected chi connectivity index (χ0v) is 10.8. The van der Waals surface area contributed by atoms with Crippen molar-refractivity contribution in [3.63, 3.8) is 0 Å². The van der Waals surface area contributed by atoms with E-state index < -0.39 is 0 Å². The summed E-state index contributed by atoms with van der Waals surface area (Å²) in [6.45, 7) is 0. The van der Waals surface area contributed by atoms with E-state index >= 15 is 0 Å². The highest BCUT2D eigenvalue weighted by Crippen LogP contribution is 2.20. The Morgan fingerprint density at radius 3 is 2.39 bits per heavy atom. The maximum absolute atomic E-state index is 11.9. The summed E-state index contributed by atoms with van der Waals surface area (Å²) in [5.74, 6) is 0.396. The Balaban J connectivity index is 2.43. The lowest BCUT2D eigenvalue weighted by atomic mass is 10.0. The third kappa shape index (κ3) is 4.20. The number of hydrogen-bond donors (Lipinski definition) is 0. The molecule has 4 heteroatoms. The van der Waals surface area contributed by atoms with Crippen molar-refractivity contribution in [2.45, 2.75) is 25.7 Å². The minimum Gasteiger partial charge on any atom is -0.496 e. The Hall–Kier alpha value is -1.84. The smallest absolute Gasteiger partial charge is 0.305 e.